The van der Waals surface area contributed by atoms with Crippen LogP contribution < -0.4 is 11.2 Å². The number of rotatable bonds is 9. The van der Waals surface area contributed by atoms with Gasteiger partial charge in [-0.15, -0.1) is 0 Å². The minimum atomic E-state index is -0.591. The molecular formula is C14H28N2O3. The highest BCUT2D eigenvalue weighted by atomic mass is 16.5. The van der Waals surface area contributed by atoms with Crippen LogP contribution in [0.25, 0.3) is 0 Å². The summed E-state index contributed by atoms with van der Waals surface area (Å²) in [6.45, 7) is 8.01. The van der Waals surface area contributed by atoms with Crippen LogP contribution in [0, 0.1) is 10.8 Å². The molecule has 19 heavy (non-hydrogen) atoms. The van der Waals surface area contributed by atoms with Crippen LogP contribution in [-0.2, 0) is 9.59 Å². The van der Waals surface area contributed by atoms with Gasteiger partial charge in [0.15, 0.2) is 0 Å². The van der Waals surface area contributed by atoms with Crippen molar-refractivity contribution >= 4 is 11.8 Å². The van der Waals surface area contributed by atoms with Gasteiger partial charge >= 0.3 is 0 Å². The van der Waals surface area contributed by atoms with Crippen molar-refractivity contribution in [3.8, 4) is 0 Å². The van der Waals surface area contributed by atoms with E-state index >= 15 is 0 Å². The molecule has 2 amide bonds. The number of hydrogen-bond donors (Lipinski definition) is 3. The maximum Gasteiger partial charge on any atom is 0.243 e. The van der Waals surface area contributed by atoms with E-state index in [1.165, 1.54) is 0 Å². The van der Waals surface area contributed by atoms with Gasteiger partial charge in [0, 0.05) is 6.42 Å². The molecule has 0 aliphatic rings. The molecule has 0 fully saturated rings. The Balaban J connectivity index is 5.44. The Morgan fingerprint density at radius 1 is 1.05 bits per heavy atom. The SMILES string of the molecule is CCC(CC)(CCC(=O)NO)C(CC)(CC)C(N)=O. The Bertz CT molecular complexity index is 308. The molecule has 0 saturated carbocycles. The quantitative estimate of drug-likeness (QED) is 0.444. The van der Waals surface area contributed by atoms with E-state index in [4.69, 9.17) is 10.9 Å². The highest BCUT2D eigenvalue weighted by Gasteiger charge is 2.50. The monoisotopic (exact) mass is 272 g/mol. The predicted molar refractivity (Wildman–Crippen MR) is 74.4 cm³/mol. The van der Waals surface area contributed by atoms with Gasteiger partial charge in [-0.3, -0.25) is 14.8 Å². The molecule has 0 aliphatic carbocycles. The molecule has 0 rings (SSSR count). The first-order valence-corrected chi connectivity index (χ1v) is 7.12. The summed E-state index contributed by atoms with van der Waals surface area (Å²) in [5.41, 5.74) is 6.44. The molecular weight excluding hydrogens is 244 g/mol. The number of hydroxylamine groups is 1. The Kier molecular flexibility index (Phi) is 7.05. The number of nitrogens with two attached hydrogens (primary N) is 1. The smallest absolute Gasteiger partial charge is 0.243 e. The molecule has 0 spiro atoms. The van der Waals surface area contributed by atoms with Crippen molar-refractivity contribution in [2.75, 3.05) is 0 Å². The lowest BCUT2D eigenvalue weighted by molar-refractivity contribution is -0.141. The van der Waals surface area contributed by atoms with E-state index in [9.17, 15) is 9.59 Å². The Morgan fingerprint density at radius 3 is 1.79 bits per heavy atom. The molecule has 0 radical (unpaired) electrons. The second kappa shape index (κ2) is 7.48. The lowest BCUT2D eigenvalue weighted by atomic mass is 9.55. The van der Waals surface area contributed by atoms with E-state index < -0.39 is 11.3 Å². The Morgan fingerprint density at radius 2 is 1.53 bits per heavy atom. The fraction of sp³-hybridized carbons (Fsp3) is 0.857. The highest BCUT2D eigenvalue weighted by Crippen LogP contribution is 2.52. The number of carbonyl (C=O) groups excluding carboxylic acids is 2. The van der Waals surface area contributed by atoms with Crippen molar-refractivity contribution in [3.05, 3.63) is 0 Å². The molecule has 0 aromatic carbocycles. The molecule has 0 aromatic rings. The summed E-state index contributed by atoms with van der Waals surface area (Å²) in [5, 5.41) is 8.61. The van der Waals surface area contributed by atoms with E-state index in [0.29, 0.717) is 19.3 Å². The summed E-state index contributed by atoms with van der Waals surface area (Å²) in [5.74, 6) is -0.706. The zero-order valence-electron chi connectivity index (χ0n) is 12.6. The molecule has 4 N–H and O–H groups in total. The molecule has 0 atom stereocenters. The number of carbonyl (C=O) groups is 2. The molecule has 0 saturated heterocycles. The summed E-state index contributed by atoms with van der Waals surface area (Å²) in [6.07, 6.45) is 3.66. The van der Waals surface area contributed by atoms with Crippen molar-refractivity contribution in [1.82, 2.24) is 5.48 Å². The van der Waals surface area contributed by atoms with Gasteiger partial charge in [-0.1, -0.05) is 27.7 Å². The van der Waals surface area contributed by atoms with E-state index in [1.807, 2.05) is 27.7 Å². The van der Waals surface area contributed by atoms with Crippen LogP contribution in [0.4, 0.5) is 0 Å². The summed E-state index contributed by atoms with van der Waals surface area (Å²) < 4.78 is 0. The summed E-state index contributed by atoms with van der Waals surface area (Å²) in [4.78, 5) is 23.3. The fourth-order valence-electron chi connectivity index (χ4n) is 3.54. The second-order valence-electron chi connectivity index (χ2n) is 5.18. The van der Waals surface area contributed by atoms with Gasteiger partial charge in [-0.25, -0.2) is 5.48 Å². The van der Waals surface area contributed by atoms with E-state index in [2.05, 4.69) is 0 Å². The van der Waals surface area contributed by atoms with Crippen molar-refractivity contribution in [2.24, 2.45) is 16.6 Å². The molecule has 0 bridgehead atoms. The predicted octanol–water partition coefficient (Wildman–Crippen LogP) is 2.37. The van der Waals surface area contributed by atoms with Gasteiger partial charge in [0.2, 0.25) is 11.8 Å². The maximum absolute atomic E-state index is 12.0. The molecule has 0 heterocycles. The van der Waals surface area contributed by atoms with Gasteiger partial charge < -0.3 is 5.73 Å². The van der Waals surface area contributed by atoms with Gasteiger partial charge in [0.25, 0.3) is 0 Å². The molecule has 5 nitrogen and oxygen atoms in total. The van der Waals surface area contributed by atoms with Gasteiger partial charge in [-0.2, -0.15) is 0 Å². The van der Waals surface area contributed by atoms with E-state index in [0.717, 1.165) is 12.8 Å². The molecule has 0 unspecified atom stereocenters. The normalized spacial score (nSPS) is 12.3. The Labute approximate surface area is 115 Å². The minimum Gasteiger partial charge on any atom is -0.369 e. The van der Waals surface area contributed by atoms with Crippen LogP contribution in [0.1, 0.15) is 66.2 Å². The lowest BCUT2D eigenvalue weighted by Gasteiger charge is -2.48. The third-order valence-corrected chi connectivity index (χ3v) is 5.00. The van der Waals surface area contributed by atoms with Crippen LogP contribution in [0.2, 0.25) is 0 Å². The highest BCUT2D eigenvalue weighted by molar-refractivity contribution is 5.82. The van der Waals surface area contributed by atoms with Crippen LogP contribution in [0.5, 0.6) is 0 Å². The lowest BCUT2D eigenvalue weighted by Crippen LogP contribution is -2.50. The largest absolute Gasteiger partial charge is 0.369 e. The van der Waals surface area contributed by atoms with Crippen LogP contribution in [0.3, 0.4) is 0 Å². The first kappa shape index (κ1) is 17.9. The first-order chi connectivity index (χ1) is 8.89. The van der Waals surface area contributed by atoms with E-state index in [1.54, 1.807) is 5.48 Å². The van der Waals surface area contributed by atoms with Crippen molar-refractivity contribution in [1.29, 1.82) is 0 Å². The zero-order chi connectivity index (χ0) is 15.1. The van der Waals surface area contributed by atoms with Crippen molar-refractivity contribution in [2.45, 2.75) is 66.2 Å². The summed E-state index contributed by atoms with van der Waals surface area (Å²) in [6, 6.07) is 0. The number of primary amides is 1. The topological polar surface area (TPSA) is 92.4 Å². The molecule has 0 aromatic heterocycles. The average molecular weight is 272 g/mol. The fourth-order valence-corrected chi connectivity index (χ4v) is 3.54. The molecule has 0 aliphatic heterocycles. The van der Waals surface area contributed by atoms with Crippen LogP contribution >= 0.6 is 0 Å². The van der Waals surface area contributed by atoms with Crippen LogP contribution in [0.15, 0.2) is 0 Å². The number of amides is 2. The average Bonchev–Trinajstić information content (AvgIpc) is 2.43. The van der Waals surface area contributed by atoms with Crippen molar-refractivity contribution < 1.29 is 14.8 Å². The second-order valence-corrected chi connectivity index (χ2v) is 5.18. The summed E-state index contributed by atoms with van der Waals surface area (Å²) in [7, 11) is 0. The number of hydrogen-bond acceptors (Lipinski definition) is 3. The van der Waals surface area contributed by atoms with Crippen LogP contribution in [-0.4, -0.2) is 17.0 Å². The van der Waals surface area contributed by atoms with Gasteiger partial charge in [-0.05, 0) is 37.5 Å². The standard InChI is InChI=1S/C14H28N2O3/c1-5-13(6-2,10-9-11(17)16-19)14(7-3,8-4)12(15)18/h19H,5-10H2,1-4H3,(H2,15,18)(H,16,17). The van der Waals surface area contributed by atoms with E-state index in [-0.39, 0.29) is 17.7 Å². The van der Waals surface area contributed by atoms with Gasteiger partial charge in [0.05, 0.1) is 5.41 Å². The maximum atomic E-state index is 12.0. The summed E-state index contributed by atoms with van der Waals surface area (Å²) >= 11 is 0. The third kappa shape index (κ3) is 3.26. The zero-order valence-corrected chi connectivity index (χ0v) is 12.6. The number of nitrogens with one attached hydrogen (secondary N) is 1. The first-order valence-electron chi connectivity index (χ1n) is 7.12. The molecule has 112 valence electrons. The third-order valence-electron chi connectivity index (χ3n) is 5.00. The molecule has 5 heteroatoms. The minimum absolute atomic E-state index is 0.202. The van der Waals surface area contributed by atoms with Gasteiger partial charge in [0.1, 0.15) is 0 Å². The van der Waals surface area contributed by atoms with Crippen molar-refractivity contribution in [3.63, 3.8) is 0 Å². The Hall–Kier alpha value is -1.10.